The van der Waals surface area contributed by atoms with E-state index < -0.39 is 11.2 Å². The molecule has 0 aromatic heterocycles. The molecule has 5 N–H and O–H groups in total. The highest BCUT2D eigenvalue weighted by Gasteiger charge is 2.27. The molecule has 15 nitrogen and oxygen atoms in total. The summed E-state index contributed by atoms with van der Waals surface area (Å²) < 4.78 is 10.6. The number of ether oxygens (including phenoxy) is 2. The van der Waals surface area contributed by atoms with Crippen molar-refractivity contribution in [1.82, 2.24) is 41.0 Å². The number of nitrogens with one attached hydrogen (secondary N) is 3. The number of nitrogens with two attached hydrogens (primary N) is 1. The highest BCUT2D eigenvalue weighted by atomic mass is 16.6. The smallest absolute Gasteiger partial charge is 0.410 e. The molecule has 47 heavy (non-hydrogen) atoms. The van der Waals surface area contributed by atoms with Crippen molar-refractivity contribution in [3.63, 3.8) is 0 Å². The Morgan fingerprint density at radius 2 is 0.957 bits per heavy atom. The molecule has 3 aliphatic rings. The van der Waals surface area contributed by atoms with E-state index in [2.05, 4.69) is 30.0 Å². The summed E-state index contributed by atoms with van der Waals surface area (Å²) in [5.41, 5.74) is 4.89. The van der Waals surface area contributed by atoms with Crippen molar-refractivity contribution < 1.29 is 28.7 Å². The molecule has 0 unspecified atom stereocenters. The summed E-state index contributed by atoms with van der Waals surface area (Å²) in [6, 6.07) is 0. The second kappa shape index (κ2) is 20.6. The summed E-state index contributed by atoms with van der Waals surface area (Å²) in [5.74, 6) is 6.53. The van der Waals surface area contributed by atoms with Gasteiger partial charge in [0, 0.05) is 91.4 Å². The van der Waals surface area contributed by atoms with Crippen molar-refractivity contribution in [2.24, 2.45) is 17.7 Å². The van der Waals surface area contributed by atoms with Gasteiger partial charge in [-0.3, -0.25) is 26.3 Å². The van der Waals surface area contributed by atoms with E-state index >= 15 is 0 Å². The van der Waals surface area contributed by atoms with Crippen LogP contribution in [0.5, 0.6) is 0 Å². The minimum Gasteiger partial charge on any atom is -0.444 e. The van der Waals surface area contributed by atoms with Gasteiger partial charge < -0.3 is 24.6 Å². The van der Waals surface area contributed by atoms with E-state index in [9.17, 15) is 19.2 Å². The van der Waals surface area contributed by atoms with Gasteiger partial charge in [0.25, 0.3) is 0 Å². The number of amides is 4. The van der Waals surface area contributed by atoms with Gasteiger partial charge in [0.15, 0.2) is 0 Å². The number of nitrogens with zero attached hydrogens (tertiary/aromatic N) is 5. The SMILES string of the molecule is CC(C)(C)OC(=O)N1CCN(N)CC1.CC(C)CC(=O)NN1CCN(C(=O)OC(C)(C)C)CC1.CC(C)CC(=O)NN1CCNCC1. The average molecular weight is 672 g/mol. The molecule has 0 spiro atoms. The lowest BCUT2D eigenvalue weighted by atomic mass is 10.1. The van der Waals surface area contributed by atoms with Crippen LogP contribution in [0.1, 0.15) is 82.1 Å². The number of carbonyl (C=O) groups excluding carboxylic acids is 4. The molecule has 3 fully saturated rings. The van der Waals surface area contributed by atoms with Crippen LogP contribution in [0.3, 0.4) is 0 Å². The predicted molar refractivity (Wildman–Crippen MR) is 183 cm³/mol. The summed E-state index contributed by atoms with van der Waals surface area (Å²) in [6.45, 7) is 28.1. The van der Waals surface area contributed by atoms with Gasteiger partial charge in [-0.1, -0.05) is 27.7 Å². The summed E-state index contributed by atoms with van der Waals surface area (Å²) in [7, 11) is 0. The Hall–Kier alpha value is -2.72. The van der Waals surface area contributed by atoms with Crippen LogP contribution in [0.2, 0.25) is 0 Å². The van der Waals surface area contributed by atoms with Crippen LogP contribution >= 0.6 is 0 Å². The quantitative estimate of drug-likeness (QED) is 0.305. The topological polar surface area (TPSA) is 165 Å². The Labute approximate surface area is 283 Å². The van der Waals surface area contributed by atoms with Gasteiger partial charge in [-0.15, -0.1) is 0 Å². The molecule has 3 rings (SSSR count). The van der Waals surface area contributed by atoms with E-state index in [1.165, 1.54) is 0 Å². The van der Waals surface area contributed by atoms with Gasteiger partial charge in [-0.25, -0.2) is 24.6 Å². The maximum absolute atomic E-state index is 11.9. The molecule has 0 aliphatic carbocycles. The van der Waals surface area contributed by atoms with Crippen LogP contribution in [0.4, 0.5) is 9.59 Å². The lowest BCUT2D eigenvalue weighted by Crippen LogP contribution is -2.55. The number of piperazine rings is 3. The van der Waals surface area contributed by atoms with Gasteiger partial charge in [-0.05, 0) is 53.4 Å². The van der Waals surface area contributed by atoms with Crippen LogP contribution in [-0.4, -0.2) is 139 Å². The third-order valence-corrected chi connectivity index (χ3v) is 6.77. The van der Waals surface area contributed by atoms with Crippen LogP contribution in [0, 0.1) is 11.8 Å². The minimum atomic E-state index is -0.473. The molecule has 0 aromatic carbocycles. The molecule has 0 atom stereocenters. The first-order valence-electron chi connectivity index (χ1n) is 17.0. The van der Waals surface area contributed by atoms with E-state index in [1.807, 2.05) is 65.4 Å². The number of hydrazine groups is 3. The molecule has 0 saturated carbocycles. The Morgan fingerprint density at radius 1 is 0.617 bits per heavy atom. The largest absolute Gasteiger partial charge is 0.444 e. The molecular formula is C32H65N9O6. The number of rotatable bonds is 6. The Morgan fingerprint density at radius 3 is 1.30 bits per heavy atom. The number of hydrogen-bond donors (Lipinski definition) is 4. The van der Waals surface area contributed by atoms with Crippen LogP contribution in [0.15, 0.2) is 0 Å². The molecule has 0 aromatic rings. The zero-order valence-corrected chi connectivity index (χ0v) is 30.8. The van der Waals surface area contributed by atoms with Crippen molar-refractivity contribution in [2.75, 3.05) is 78.5 Å². The van der Waals surface area contributed by atoms with Gasteiger partial charge in [-0.2, -0.15) is 0 Å². The first kappa shape index (κ1) is 42.3. The molecular weight excluding hydrogens is 606 g/mol. The zero-order chi connectivity index (χ0) is 35.8. The van der Waals surface area contributed by atoms with E-state index in [4.69, 9.17) is 15.3 Å². The van der Waals surface area contributed by atoms with E-state index in [0.717, 1.165) is 26.2 Å². The molecule has 0 bridgehead atoms. The fraction of sp³-hybridized carbons (Fsp3) is 0.875. The highest BCUT2D eigenvalue weighted by molar-refractivity contribution is 5.76. The molecule has 3 heterocycles. The van der Waals surface area contributed by atoms with Crippen molar-refractivity contribution in [3.8, 4) is 0 Å². The van der Waals surface area contributed by atoms with E-state index in [1.54, 1.807) is 14.8 Å². The number of carbonyl (C=O) groups is 4. The second-order valence-electron chi connectivity index (χ2n) is 15.0. The standard InChI is InChI=1S/C14H27N3O3.C9H19N3O2.C9H19N3O/c1-11(2)10-12(18)15-17-8-6-16(7-9-17)13(19)20-14(3,4)5;1-9(2,3)14-8(13)11-4-6-12(10)7-5-11;1-8(2)7-9(13)11-12-5-3-10-4-6-12/h11H,6-10H2,1-5H3,(H,15,18);4-7,10H2,1-3H3;8,10H,3-7H2,1-2H3,(H,11,13). The molecule has 0 radical (unpaired) electrons. The molecule has 274 valence electrons. The Bertz CT molecular complexity index is 946. The lowest BCUT2D eigenvalue weighted by Gasteiger charge is -2.35. The molecule has 15 heteroatoms. The maximum atomic E-state index is 11.9. The number of hydrogen-bond acceptors (Lipinski definition) is 11. The fourth-order valence-corrected chi connectivity index (χ4v) is 4.52. The van der Waals surface area contributed by atoms with Crippen LogP contribution < -0.4 is 22.0 Å². The van der Waals surface area contributed by atoms with Gasteiger partial charge in [0.05, 0.1) is 0 Å². The third kappa shape index (κ3) is 21.0. The van der Waals surface area contributed by atoms with Crippen molar-refractivity contribution in [3.05, 3.63) is 0 Å². The van der Waals surface area contributed by atoms with Gasteiger partial charge in [0.2, 0.25) is 11.8 Å². The molecule has 4 amide bonds. The minimum absolute atomic E-state index is 0.0331. The predicted octanol–water partition coefficient (Wildman–Crippen LogP) is 2.00. The summed E-state index contributed by atoms with van der Waals surface area (Å²) >= 11 is 0. The summed E-state index contributed by atoms with van der Waals surface area (Å²) in [4.78, 5) is 49.8. The third-order valence-electron chi connectivity index (χ3n) is 6.77. The van der Waals surface area contributed by atoms with Crippen molar-refractivity contribution in [1.29, 1.82) is 0 Å². The average Bonchev–Trinajstić information content (AvgIpc) is 2.92. The van der Waals surface area contributed by atoms with Crippen molar-refractivity contribution in [2.45, 2.75) is 93.3 Å². The first-order valence-corrected chi connectivity index (χ1v) is 17.0. The molecule has 3 saturated heterocycles. The maximum Gasteiger partial charge on any atom is 0.410 e. The van der Waals surface area contributed by atoms with Crippen LogP contribution in [0.25, 0.3) is 0 Å². The normalized spacial score (nSPS) is 18.4. The second-order valence-corrected chi connectivity index (χ2v) is 15.0. The monoisotopic (exact) mass is 672 g/mol. The lowest BCUT2D eigenvalue weighted by molar-refractivity contribution is -0.128. The van der Waals surface area contributed by atoms with Crippen molar-refractivity contribution >= 4 is 24.0 Å². The van der Waals surface area contributed by atoms with Gasteiger partial charge >= 0.3 is 12.2 Å². The zero-order valence-electron chi connectivity index (χ0n) is 30.8. The van der Waals surface area contributed by atoms with E-state index in [-0.39, 0.29) is 24.0 Å². The first-order chi connectivity index (χ1) is 21.7. The summed E-state index contributed by atoms with van der Waals surface area (Å²) in [5, 5.41) is 8.80. The Kier molecular flexibility index (Phi) is 18.5. The Balaban J connectivity index is 0.000000364. The fourth-order valence-electron chi connectivity index (χ4n) is 4.52. The van der Waals surface area contributed by atoms with Gasteiger partial charge in [0.1, 0.15) is 11.2 Å². The highest BCUT2D eigenvalue weighted by Crippen LogP contribution is 2.12. The van der Waals surface area contributed by atoms with Crippen LogP contribution in [-0.2, 0) is 19.1 Å². The summed E-state index contributed by atoms with van der Waals surface area (Å²) in [6.07, 6.45) is 0.604. The molecule has 3 aliphatic heterocycles. The van der Waals surface area contributed by atoms with E-state index in [0.29, 0.717) is 77.0 Å².